The zero-order chi connectivity index (χ0) is 12.6. The number of hydrogen-bond acceptors (Lipinski definition) is 4. The lowest BCUT2D eigenvalue weighted by Gasteiger charge is -2.03. The summed E-state index contributed by atoms with van der Waals surface area (Å²) in [6, 6.07) is 6.31. The van der Waals surface area contributed by atoms with Crippen molar-refractivity contribution in [2.75, 3.05) is 6.54 Å². The van der Waals surface area contributed by atoms with Crippen LogP contribution in [0.5, 0.6) is 0 Å². The van der Waals surface area contributed by atoms with Gasteiger partial charge in [-0.2, -0.15) is 4.98 Å². The van der Waals surface area contributed by atoms with Crippen LogP contribution < -0.4 is 5.73 Å². The van der Waals surface area contributed by atoms with Crippen molar-refractivity contribution in [1.29, 1.82) is 0 Å². The van der Waals surface area contributed by atoms with E-state index in [0.717, 1.165) is 18.4 Å². The smallest absolute Gasteiger partial charge is 0.234 e. The minimum atomic E-state index is -0.243. The van der Waals surface area contributed by atoms with E-state index in [9.17, 15) is 4.39 Å². The first kappa shape index (κ1) is 11.3. The summed E-state index contributed by atoms with van der Waals surface area (Å²) in [6.07, 6.45) is 2.58. The molecular formula is C13H14FN3O. The number of benzene rings is 1. The maximum atomic E-state index is 12.8. The van der Waals surface area contributed by atoms with Crippen molar-refractivity contribution < 1.29 is 8.91 Å². The van der Waals surface area contributed by atoms with E-state index < -0.39 is 0 Å². The van der Waals surface area contributed by atoms with Crippen molar-refractivity contribution >= 4 is 0 Å². The molecule has 5 heteroatoms. The third-order valence-electron chi connectivity index (χ3n) is 3.44. The molecule has 1 aromatic heterocycles. The van der Waals surface area contributed by atoms with Gasteiger partial charge in [0.15, 0.2) is 5.82 Å². The van der Waals surface area contributed by atoms with Crippen molar-refractivity contribution in [3.8, 4) is 0 Å². The average Bonchev–Trinajstić information content (AvgIpc) is 3.06. The fraction of sp³-hybridized carbons (Fsp3) is 0.385. The van der Waals surface area contributed by atoms with E-state index >= 15 is 0 Å². The Hall–Kier alpha value is -1.75. The molecule has 0 saturated heterocycles. The van der Waals surface area contributed by atoms with Crippen LogP contribution in [-0.4, -0.2) is 16.7 Å². The number of aromatic nitrogens is 2. The van der Waals surface area contributed by atoms with Gasteiger partial charge in [-0.15, -0.1) is 0 Å². The lowest BCUT2D eigenvalue weighted by Crippen LogP contribution is -2.20. The first-order valence-corrected chi connectivity index (χ1v) is 5.99. The van der Waals surface area contributed by atoms with Gasteiger partial charge < -0.3 is 10.3 Å². The van der Waals surface area contributed by atoms with Gasteiger partial charge >= 0.3 is 0 Å². The van der Waals surface area contributed by atoms with E-state index in [-0.39, 0.29) is 11.2 Å². The molecule has 0 bridgehead atoms. The number of nitrogens with two attached hydrogens (primary N) is 1. The summed E-state index contributed by atoms with van der Waals surface area (Å²) < 4.78 is 18.0. The number of halogens is 1. The van der Waals surface area contributed by atoms with Crippen LogP contribution in [0.4, 0.5) is 4.39 Å². The van der Waals surface area contributed by atoms with Gasteiger partial charge in [-0.3, -0.25) is 0 Å². The molecule has 0 aliphatic heterocycles. The summed E-state index contributed by atoms with van der Waals surface area (Å²) in [5.74, 6) is 1.02. The summed E-state index contributed by atoms with van der Waals surface area (Å²) in [7, 11) is 0. The Bertz CT molecular complexity index is 546. The minimum Gasteiger partial charge on any atom is -0.339 e. The normalized spacial score (nSPS) is 16.8. The Balaban J connectivity index is 1.76. The van der Waals surface area contributed by atoms with Crippen molar-refractivity contribution in [2.45, 2.75) is 24.7 Å². The Kier molecular flexibility index (Phi) is 2.63. The number of nitrogens with zero attached hydrogens (tertiary/aromatic N) is 2. The predicted molar refractivity (Wildman–Crippen MR) is 63.5 cm³/mol. The molecule has 18 heavy (non-hydrogen) atoms. The fourth-order valence-corrected chi connectivity index (χ4v) is 1.98. The van der Waals surface area contributed by atoms with Crippen molar-refractivity contribution in [1.82, 2.24) is 10.1 Å². The molecule has 0 radical (unpaired) electrons. The molecule has 4 nitrogen and oxygen atoms in total. The first-order valence-electron chi connectivity index (χ1n) is 5.99. The van der Waals surface area contributed by atoms with Crippen LogP contribution >= 0.6 is 0 Å². The van der Waals surface area contributed by atoms with Crippen LogP contribution in [0, 0.1) is 5.82 Å². The second-order valence-corrected chi connectivity index (χ2v) is 4.80. The zero-order valence-corrected chi connectivity index (χ0v) is 9.90. The van der Waals surface area contributed by atoms with Crippen LogP contribution in [-0.2, 0) is 11.8 Å². The van der Waals surface area contributed by atoms with Gasteiger partial charge in [0.25, 0.3) is 0 Å². The molecular weight excluding hydrogens is 233 g/mol. The van der Waals surface area contributed by atoms with Crippen LogP contribution in [0.25, 0.3) is 0 Å². The molecule has 3 rings (SSSR count). The largest absolute Gasteiger partial charge is 0.339 e. The standard InChI is InChI=1S/C13H14FN3O/c14-10-3-1-9(2-4-10)7-11-16-12(18-17-11)13(8-15)5-6-13/h1-4H,5-8,15H2. The van der Waals surface area contributed by atoms with Crippen LogP contribution in [0.2, 0.25) is 0 Å². The summed E-state index contributed by atoms with van der Waals surface area (Å²) in [4.78, 5) is 4.38. The monoisotopic (exact) mass is 247 g/mol. The Morgan fingerprint density at radius 3 is 2.61 bits per heavy atom. The van der Waals surface area contributed by atoms with Gasteiger partial charge in [0.05, 0.1) is 5.41 Å². The van der Waals surface area contributed by atoms with E-state index in [2.05, 4.69) is 10.1 Å². The SMILES string of the molecule is NCC1(c2nc(Cc3ccc(F)cc3)no2)CC1. The van der Waals surface area contributed by atoms with E-state index in [4.69, 9.17) is 10.3 Å². The zero-order valence-electron chi connectivity index (χ0n) is 9.90. The third-order valence-corrected chi connectivity index (χ3v) is 3.44. The van der Waals surface area contributed by atoms with Crippen LogP contribution in [0.3, 0.4) is 0 Å². The highest BCUT2D eigenvalue weighted by Gasteiger charge is 2.48. The molecule has 1 aromatic carbocycles. The summed E-state index contributed by atoms with van der Waals surface area (Å²) in [5, 5.41) is 3.95. The highest BCUT2D eigenvalue weighted by atomic mass is 19.1. The molecule has 1 fully saturated rings. The quantitative estimate of drug-likeness (QED) is 0.894. The van der Waals surface area contributed by atoms with Gasteiger partial charge in [0, 0.05) is 13.0 Å². The topological polar surface area (TPSA) is 64.9 Å². The average molecular weight is 247 g/mol. The molecule has 1 heterocycles. The molecule has 2 aromatic rings. The Morgan fingerprint density at radius 2 is 2.00 bits per heavy atom. The van der Waals surface area contributed by atoms with Crippen molar-refractivity contribution in [3.05, 3.63) is 47.4 Å². The molecule has 1 aliphatic rings. The lowest BCUT2D eigenvalue weighted by atomic mass is 10.1. The van der Waals surface area contributed by atoms with Crippen LogP contribution in [0.15, 0.2) is 28.8 Å². The number of hydrogen-bond donors (Lipinski definition) is 1. The maximum absolute atomic E-state index is 12.8. The van der Waals surface area contributed by atoms with Crippen molar-refractivity contribution in [3.63, 3.8) is 0 Å². The summed E-state index contributed by atoms with van der Waals surface area (Å²) in [5.41, 5.74) is 6.59. The molecule has 0 atom stereocenters. The van der Waals surface area contributed by atoms with Gasteiger partial charge in [0.2, 0.25) is 5.89 Å². The molecule has 2 N–H and O–H groups in total. The first-order chi connectivity index (χ1) is 8.72. The van der Waals surface area contributed by atoms with Gasteiger partial charge in [-0.1, -0.05) is 17.3 Å². The molecule has 1 saturated carbocycles. The van der Waals surface area contributed by atoms with Gasteiger partial charge in [0.1, 0.15) is 5.82 Å². The highest BCUT2D eigenvalue weighted by Crippen LogP contribution is 2.46. The van der Waals surface area contributed by atoms with Crippen molar-refractivity contribution in [2.24, 2.45) is 5.73 Å². The summed E-state index contributed by atoms with van der Waals surface area (Å²) in [6.45, 7) is 0.547. The van der Waals surface area contributed by atoms with Gasteiger partial charge in [-0.25, -0.2) is 4.39 Å². The second kappa shape index (κ2) is 4.17. The third kappa shape index (κ3) is 2.01. The molecule has 94 valence electrons. The van der Waals surface area contributed by atoms with E-state index in [1.54, 1.807) is 12.1 Å². The number of rotatable bonds is 4. The van der Waals surface area contributed by atoms with E-state index in [1.807, 2.05) is 0 Å². The van der Waals surface area contributed by atoms with E-state index in [0.29, 0.717) is 24.7 Å². The molecule has 0 spiro atoms. The molecule has 0 unspecified atom stereocenters. The molecule has 1 aliphatic carbocycles. The Labute approximate surface area is 104 Å². The van der Waals surface area contributed by atoms with Gasteiger partial charge in [-0.05, 0) is 30.5 Å². The van der Waals surface area contributed by atoms with E-state index in [1.165, 1.54) is 12.1 Å². The van der Waals surface area contributed by atoms with Crippen LogP contribution in [0.1, 0.15) is 30.1 Å². The fourth-order valence-electron chi connectivity index (χ4n) is 1.98. The minimum absolute atomic E-state index is 0.0754. The second-order valence-electron chi connectivity index (χ2n) is 4.80. The summed E-state index contributed by atoms with van der Waals surface area (Å²) >= 11 is 0. The Morgan fingerprint density at radius 1 is 1.28 bits per heavy atom. The molecule has 0 amide bonds. The lowest BCUT2D eigenvalue weighted by molar-refractivity contribution is 0.344. The highest BCUT2D eigenvalue weighted by molar-refractivity contribution is 5.21. The predicted octanol–water partition coefficient (Wildman–Crippen LogP) is 1.79. The maximum Gasteiger partial charge on any atom is 0.234 e.